The van der Waals surface area contributed by atoms with Gasteiger partial charge in [-0.1, -0.05) is 19.9 Å². The summed E-state index contributed by atoms with van der Waals surface area (Å²) in [6, 6.07) is 5.99. The van der Waals surface area contributed by atoms with Crippen LogP contribution in [0.25, 0.3) is 0 Å². The fraction of sp³-hybridized carbons (Fsp3) is 0.600. The summed E-state index contributed by atoms with van der Waals surface area (Å²) in [7, 11) is 1.66. The first-order chi connectivity index (χ1) is 9.02. The van der Waals surface area contributed by atoms with Crippen LogP contribution in [0.4, 0.5) is 5.69 Å². The zero-order valence-corrected chi connectivity index (χ0v) is 12.9. The Balaban J connectivity index is 2.38. The van der Waals surface area contributed by atoms with Crippen molar-refractivity contribution in [2.75, 3.05) is 25.1 Å². The van der Waals surface area contributed by atoms with E-state index in [1.54, 1.807) is 14.0 Å². The number of hydrogen-bond acceptors (Lipinski definition) is 4. The number of nitrogens with zero attached hydrogens (tertiary/aromatic N) is 1. The lowest BCUT2D eigenvalue weighted by Crippen LogP contribution is -2.41. The highest BCUT2D eigenvalue weighted by atomic mass is 32.2. The molecule has 0 spiro atoms. The van der Waals surface area contributed by atoms with E-state index in [9.17, 15) is 5.11 Å². The van der Waals surface area contributed by atoms with Gasteiger partial charge in [0.1, 0.15) is 5.75 Å². The van der Waals surface area contributed by atoms with E-state index in [0.717, 1.165) is 30.1 Å². The molecule has 4 heteroatoms. The third-order valence-corrected chi connectivity index (χ3v) is 4.67. The SMILES string of the molecule is COc1cccc(N2CC(C)SC(C)C2)c1[C@H](C)O. The molecule has 3 atom stereocenters. The van der Waals surface area contributed by atoms with Gasteiger partial charge in [-0.05, 0) is 19.1 Å². The molecule has 3 nitrogen and oxygen atoms in total. The summed E-state index contributed by atoms with van der Waals surface area (Å²) in [6.45, 7) is 8.35. The number of aliphatic hydroxyl groups is 1. The van der Waals surface area contributed by atoms with E-state index in [2.05, 4.69) is 24.8 Å². The van der Waals surface area contributed by atoms with Crippen molar-refractivity contribution in [1.82, 2.24) is 0 Å². The predicted molar refractivity (Wildman–Crippen MR) is 82.4 cm³/mol. The molecule has 0 aliphatic carbocycles. The Morgan fingerprint density at radius 2 is 1.95 bits per heavy atom. The van der Waals surface area contributed by atoms with Gasteiger partial charge in [0.05, 0.1) is 13.2 Å². The normalized spacial score (nSPS) is 25.2. The van der Waals surface area contributed by atoms with Gasteiger partial charge in [-0.2, -0.15) is 11.8 Å². The van der Waals surface area contributed by atoms with Crippen LogP contribution in [0.2, 0.25) is 0 Å². The first-order valence-corrected chi connectivity index (χ1v) is 7.72. The van der Waals surface area contributed by atoms with E-state index in [1.165, 1.54) is 0 Å². The lowest BCUT2D eigenvalue weighted by molar-refractivity contribution is 0.194. The summed E-state index contributed by atoms with van der Waals surface area (Å²) in [5.41, 5.74) is 2.00. The van der Waals surface area contributed by atoms with Crippen LogP contribution >= 0.6 is 11.8 Å². The van der Waals surface area contributed by atoms with Crippen molar-refractivity contribution in [1.29, 1.82) is 0 Å². The van der Waals surface area contributed by atoms with Crippen molar-refractivity contribution < 1.29 is 9.84 Å². The van der Waals surface area contributed by atoms with Crippen molar-refractivity contribution in [2.45, 2.75) is 37.4 Å². The first-order valence-electron chi connectivity index (χ1n) is 6.78. The Morgan fingerprint density at radius 3 is 2.47 bits per heavy atom. The molecule has 1 fully saturated rings. The second-order valence-electron chi connectivity index (χ2n) is 5.23. The van der Waals surface area contributed by atoms with Crippen molar-refractivity contribution in [2.24, 2.45) is 0 Å². The van der Waals surface area contributed by atoms with Crippen molar-refractivity contribution >= 4 is 17.4 Å². The van der Waals surface area contributed by atoms with Crippen LogP contribution in [0.15, 0.2) is 18.2 Å². The van der Waals surface area contributed by atoms with Gasteiger partial charge < -0.3 is 14.7 Å². The van der Waals surface area contributed by atoms with E-state index in [-0.39, 0.29) is 0 Å². The van der Waals surface area contributed by atoms with Crippen LogP contribution in [0, 0.1) is 0 Å². The van der Waals surface area contributed by atoms with Gasteiger partial charge in [0.25, 0.3) is 0 Å². The zero-order valence-electron chi connectivity index (χ0n) is 12.1. The van der Waals surface area contributed by atoms with Crippen molar-refractivity contribution in [3.05, 3.63) is 23.8 Å². The van der Waals surface area contributed by atoms with Crippen LogP contribution < -0.4 is 9.64 Å². The number of hydrogen-bond donors (Lipinski definition) is 1. The number of benzene rings is 1. The fourth-order valence-corrected chi connectivity index (χ4v) is 4.11. The summed E-state index contributed by atoms with van der Waals surface area (Å²) in [5, 5.41) is 11.3. The first kappa shape index (κ1) is 14.5. The molecule has 1 heterocycles. The zero-order chi connectivity index (χ0) is 14.0. The molecule has 1 aromatic rings. The molecule has 1 aromatic carbocycles. The predicted octanol–water partition coefficient (Wildman–Crippen LogP) is 3.08. The summed E-state index contributed by atoms with van der Waals surface area (Å²) >= 11 is 2.03. The van der Waals surface area contributed by atoms with Gasteiger partial charge in [0.2, 0.25) is 0 Å². The molecule has 0 aromatic heterocycles. The minimum absolute atomic E-state index is 0.522. The topological polar surface area (TPSA) is 32.7 Å². The molecule has 106 valence electrons. The Morgan fingerprint density at radius 1 is 1.32 bits per heavy atom. The van der Waals surface area contributed by atoms with Crippen LogP contribution in [0.5, 0.6) is 5.75 Å². The average Bonchev–Trinajstić information content (AvgIpc) is 2.36. The Labute approximate surface area is 120 Å². The van der Waals surface area contributed by atoms with Crippen LogP contribution in [-0.2, 0) is 0 Å². The number of anilines is 1. The number of ether oxygens (including phenoxy) is 1. The summed E-state index contributed by atoms with van der Waals surface area (Å²) in [5.74, 6) is 0.769. The van der Waals surface area contributed by atoms with Gasteiger partial charge in [-0.25, -0.2) is 0 Å². The maximum absolute atomic E-state index is 10.1. The molecular weight excluding hydrogens is 258 g/mol. The van der Waals surface area contributed by atoms with E-state index in [0.29, 0.717) is 10.5 Å². The minimum Gasteiger partial charge on any atom is -0.496 e. The van der Waals surface area contributed by atoms with E-state index in [4.69, 9.17) is 4.74 Å². The molecule has 2 rings (SSSR count). The van der Waals surface area contributed by atoms with Gasteiger partial charge in [-0.15, -0.1) is 0 Å². The number of aliphatic hydroxyl groups excluding tert-OH is 1. The molecule has 0 bridgehead atoms. The highest BCUT2D eigenvalue weighted by Crippen LogP contribution is 2.37. The number of rotatable bonds is 3. The average molecular weight is 281 g/mol. The molecule has 19 heavy (non-hydrogen) atoms. The minimum atomic E-state index is -0.522. The van der Waals surface area contributed by atoms with Gasteiger partial charge in [0, 0.05) is 34.8 Å². The third-order valence-electron chi connectivity index (χ3n) is 3.44. The summed E-state index contributed by atoms with van der Waals surface area (Å²) in [4.78, 5) is 2.37. The second kappa shape index (κ2) is 6.06. The lowest BCUT2D eigenvalue weighted by atomic mass is 10.0. The lowest BCUT2D eigenvalue weighted by Gasteiger charge is -2.37. The molecule has 0 radical (unpaired) electrons. The van der Waals surface area contributed by atoms with Crippen LogP contribution in [-0.4, -0.2) is 35.8 Å². The van der Waals surface area contributed by atoms with Crippen molar-refractivity contribution in [3.8, 4) is 5.75 Å². The van der Waals surface area contributed by atoms with Gasteiger partial charge in [0.15, 0.2) is 0 Å². The molecule has 1 saturated heterocycles. The third kappa shape index (κ3) is 3.18. The molecule has 1 aliphatic heterocycles. The van der Waals surface area contributed by atoms with Crippen molar-refractivity contribution in [3.63, 3.8) is 0 Å². The van der Waals surface area contributed by atoms with Gasteiger partial charge >= 0.3 is 0 Å². The maximum Gasteiger partial charge on any atom is 0.126 e. The van der Waals surface area contributed by atoms with E-state index in [1.807, 2.05) is 23.9 Å². The monoisotopic (exact) mass is 281 g/mol. The van der Waals surface area contributed by atoms with Gasteiger partial charge in [-0.3, -0.25) is 0 Å². The Hall–Kier alpha value is -0.870. The standard InChI is InChI=1S/C15H23NO2S/c1-10-8-16(9-11(2)19-10)13-6-5-7-14(18-4)15(13)12(3)17/h5-7,10-12,17H,8-9H2,1-4H3/t10?,11?,12-/m0/s1. The molecule has 2 unspecified atom stereocenters. The second-order valence-corrected chi connectivity index (χ2v) is 7.11. The van der Waals surface area contributed by atoms with E-state index >= 15 is 0 Å². The molecule has 1 aliphatic rings. The summed E-state index contributed by atoms with van der Waals surface area (Å²) < 4.78 is 5.40. The highest BCUT2D eigenvalue weighted by Gasteiger charge is 2.26. The molecular formula is C15H23NO2S. The van der Waals surface area contributed by atoms with Crippen LogP contribution in [0.3, 0.4) is 0 Å². The summed E-state index contributed by atoms with van der Waals surface area (Å²) in [6.07, 6.45) is -0.522. The fourth-order valence-electron chi connectivity index (χ4n) is 2.78. The largest absolute Gasteiger partial charge is 0.496 e. The van der Waals surface area contributed by atoms with E-state index < -0.39 is 6.10 Å². The number of methoxy groups -OCH3 is 1. The Kier molecular flexibility index (Phi) is 4.63. The smallest absolute Gasteiger partial charge is 0.126 e. The molecule has 0 saturated carbocycles. The molecule has 0 amide bonds. The maximum atomic E-state index is 10.1. The highest BCUT2D eigenvalue weighted by molar-refractivity contribution is 8.00. The molecule has 1 N–H and O–H groups in total. The number of thioether (sulfide) groups is 1. The van der Waals surface area contributed by atoms with Crippen LogP contribution in [0.1, 0.15) is 32.4 Å². The Bertz CT molecular complexity index is 426. The quantitative estimate of drug-likeness (QED) is 0.923.